The van der Waals surface area contributed by atoms with E-state index in [0.717, 1.165) is 0 Å². The van der Waals surface area contributed by atoms with Crippen molar-refractivity contribution in [2.75, 3.05) is 12.4 Å². The molecule has 0 spiro atoms. The van der Waals surface area contributed by atoms with E-state index in [2.05, 4.69) is 5.32 Å². The molecule has 0 aliphatic heterocycles. The van der Waals surface area contributed by atoms with Crippen LogP contribution in [-0.4, -0.2) is 32.3 Å². The fourth-order valence-electron chi connectivity index (χ4n) is 2.24. The van der Waals surface area contributed by atoms with E-state index in [9.17, 15) is 17.6 Å². The van der Waals surface area contributed by atoms with Gasteiger partial charge in [-0.15, -0.1) is 0 Å². The van der Waals surface area contributed by atoms with E-state index in [0.29, 0.717) is 16.3 Å². The molecule has 3 N–H and O–H groups in total. The number of sulfonamides is 1. The van der Waals surface area contributed by atoms with Crippen LogP contribution in [0.1, 0.15) is 12.5 Å². The van der Waals surface area contributed by atoms with E-state index in [1.807, 2.05) is 0 Å². The number of carbonyl (C=O) groups is 1. The standard InChI is InChI=1S/C17H19ClFN3O3S/c1-11(22(2)10-14-15(18)4-3-5-16(14)19)17(23)21-12-6-8-13(9-7-12)26(20,24)25/h3-9,11H,10H2,1-2H3,(H,21,23)(H2,20,24,25)/t11-/m1/s1. The summed E-state index contributed by atoms with van der Waals surface area (Å²) in [5.74, 6) is -0.765. The first-order valence-electron chi connectivity index (χ1n) is 7.66. The molecule has 26 heavy (non-hydrogen) atoms. The normalized spacial score (nSPS) is 12.8. The first kappa shape index (κ1) is 20.3. The predicted octanol–water partition coefficient (Wildman–Crippen LogP) is 2.59. The molecular formula is C17H19ClFN3O3S. The fraction of sp³-hybridized carbons (Fsp3) is 0.235. The Bertz CT molecular complexity index is 884. The van der Waals surface area contributed by atoms with Crippen molar-refractivity contribution in [2.24, 2.45) is 5.14 Å². The van der Waals surface area contributed by atoms with Crippen molar-refractivity contribution in [2.45, 2.75) is 24.4 Å². The highest BCUT2D eigenvalue weighted by Gasteiger charge is 2.20. The largest absolute Gasteiger partial charge is 0.325 e. The molecule has 0 aliphatic rings. The van der Waals surface area contributed by atoms with E-state index < -0.39 is 21.9 Å². The fourth-order valence-corrected chi connectivity index (χ4v) is 2.98. The Balaban J connectivity index is 2.04. The highest BCUT2D eigenvalue weighted by molar-refractivity contribution is 7.89. The lowest BCUT2D eigenvalue weighted by Crippen LogP contribution is -2.39. The summed E-state index contributed by atoms with van der Waals surface area (Å²) in [7, 11) is -2.11. The van der Waals surface area contributed by atoms with Crippen LogP contribution in [0.3, 0.4) is 0 Å². The topological polar surface area (TPSA) is 92.5 Å². The molecule has 140 valence electrons. The maximum Gasteiger partial charge on any atom is 0.241 e. The number of amides is 1. The molecule has 0 fully saturated rings. The van der Waals surface area contributed by atoms with Crippen molar-refractivity contribution < 1.29 is 17.6 Å². The number of carbonyl (C=O) groups excluding carboxylic acids is 1. The van der Waals surface area contributed by atoms with Crippen LogP contribution in [-0.2, 0) is 21.4 Å². The van der Waals surface area contributed by atoms with Gasteiger partial charge < -0.3 is 5.32 Å². The Kier molecular flexibility index (Phi) is 6.35. The summed E-state index contributed by atoms with van der Waals surface area (Å²) in [6.45, 7) is 1.83. The van der Waals surface area contributed by atoms with Crippen LogP contribution >= 0.6 is 11.6 Å². The zero-order valence-electron chi connectivity index (χ0n) is 14.2. The third-order valence-electron chi connectivity index (χ3n) is 3.96. The molecule has 1 amide bonds. The summed E-state index contributed by atoms with van der Waals surface area (Å²) in [4.78, 5) is 14.0. The smallest absolute Gasteiger partial charge is 0.241 e. The summed E-state index contributed by atoms with van der Waals surface area (Å²) in [5.41, 5.74) is 0.736. The maximum absolute atomic E-state index is 13.9. The number of hydrogen-bond donors (Lipinski definition) is 2. The van der Waals surface area contributed by atoms with Gasteiger partial charge in [-0.05, 0) is 50.4 Å². The number of halogens is 2. The molecule has 0 aliphatic carbocycles. The lowest BCUT2D eigenvalue weighted by molar-refractivity contribution is -0.120. The zero-order valence-corrected chi connectivity index (χ0v) is 15.8. The lowest BCUT2D eigenvalue weighted by Gasteiger charge is -2.24. The van der Waals surface area contributed by atoms with Crippen LogP contribution in [0.4, 0.5) is 10.1 Å². The quantitative estimate of drug-likeness (QED) is 0.780. The minimum absolute atomic E-state index is 0.0464. The number of nitrogens with two attached hydrogens (primary N) is 1. The van der Waals surface area contributed by atoms with Crippen LogP contribution in [0, 0.1) is 5.82 Å². The highest BCUT2D eigenvalue weighted by Crippen LogP contribution is 2.21. The van der Waals surface area contributed by atoms with E-state index in [1.165, 1.54) is 36.4 Å². The maximum atomic E-state index is 13.9. The molecule has 1 atom stereocenters. The van der Waals surface area contributed by atoms with Crippen LogP contribution in [0.2, 0.25) is 5.02 Å². The van der Waals surface area contributed by atoms with Gasteiger partial charge in [-0.3, -0.25) is 9.69 Å². The van der Waals surface area contributed by atoms with Crippen molar-refractivity contribution in [3.63, 3.8) is 0 Å². The molecule has 0 unspecified atom stereocenters. The van der Waals surface area contributed by atoms with E-state index in [4.69, 9.17) is 16.7 Å². The molecule has 0 saturated carbocycles. The minimum atomic E-state index is -3.79. The SMILES string of the molecule is C[C@H](C(=O)Nc1ccc(S(N)(=O)=O)cc1)N(C)Cc1c(F)cccc1Cl. The van der Waals surface area contributed by atoms with Gasteiger partial charge in [0, 0.05) is 22.8 Å². The van der Waals surface area contributed by atoms with Gasteiger partial charge in [-0.25, -0.2) is 17.9 Å². The van der Waals surface area contributed by atoms with Crippen molar-refractivity contribution in [3.8, 4) is 0 Å². The van der Waals surface area contributed by atoms with E-state index in [-0.39, 0.29) is 17.3 Å². The molecule has 0 bridgehead atoms. The summed E-state index contributed by atoms with van der Waals surface area (Å²) in [6, 6.07) is 9.33. The third-order valence-corrected chi connectivity index (χ3v) is 5.24. The number of rotatable bonds is 6. The van der Waals surface area contributed by atoms with Crippen LogP contribution in [0.25, 0.3) is 0 Å². The predicted molar refractivity (Wildman–Crippen MR) is 98.8 cm³/mol. The summed E-state index contributed by atoms with van der Waals surface area (Å²) < 4.78 is 36.4. The Morgan fingerprint density at radius 2 is 1.88 bits per heavy atom. The molecule has 0 heterocycles. The molecule has 9 heteroatoms. The summed E-state index contributed by atoms with van der Waals surface area (Å²) in [5, 5.41) is 8.00. The minimum Gasteiger partial charge on any atom is -0.325 e. The van der Waals surface area contributed by atoms with Gasteiger partial charge in [0.05, 0.1) is 10.9 Å². The number of anilines is 1. The Morgan fingerprint density at radius 1 is 1.27 bits per heavy atom. The van der Waals surface area contributed by atoms with Gasteiger partial charge >= 0.3 is 0 Å². The summed E-state index contributed by atoms with van der Waals surface area (Å²) in [6.07, 6.45) is 0. The first-order chi connectivity index (χ1) is 12.1. The second-order valence-corrected chi connectivity index (χ2v) is 7.82. The van der Waals surface area contributed by atoms with Crippen LogP contribution in [0.5, 0.6) is 0 Å². The monoisotopic (exact) mass is 399 g/mol. The van der Waals surface area contributed by atoms with Gasteiger partial charge in [0.1, 0.15) is 5.82 Å². The molecule has 0 aromatic heterocycles. The number of primary sulfonamides is 1. The number of benzene rings is 2. The second kappa shape index (κ2) is 8.13. The second-order valence-electron chi connectivity index (χ2n) is 5.85. The average molecular weight is 400 g/mol. The van der Waals surface area contributed by atoms with Gasteiger partial charge in [-0.1, -0.05) is 17.7 Å². The number of nitrogens with zero attached hydrogens (tertiary/aromatic N) is 1. The Labute approximate surface area is 156 Å². The number of likely N-dealkylation sites (N-methyl/N-ethyl adjacent to an activating group) is 1. The zero-order chi connectivity index (χ0) is 19.5. The Morgan fingerprint density at radius 3 is 2.42 bits per heavy atom. The molecule has 2 aromatic carbocycles. The van der Waals surface area contributed by atoms with Gasteiger partial charge in [0.25, 0.3) is 0 Å². The van der Waals surface area contributed by atoms with Gasteiger partial charge in [0.2, 0.25) is 15.9 Å². The average Bonchev–Trinajstić information content (AvgIpc) is 2.57. The van der Waals surface area contributed by atoms with Crippen molar-refractivity contribution >= 4 is 33.2 Å². The van der Waals surface area contributed by atoms with Gasteiger partial charge in [-0.2, -0.15) is 0 Å². The first-order valence-corrected chi connectivity index (χ1v) is 9.59. The van der Waals surface area contributed by atoms with Crippen LogP contribution in [0.15, 0.2) is 47.4 Å². The summed E-state index contributed by atoms with van der Waals surface area (Å²) >= 11 is 6.01. The lowest BCUT2D eigenvalue weighted by atomic mass is 10.1. The van der Waals surface area contributed by atoms with Crippen molar-refractivity contribution in [1.29, 1.82) is 0 Å². The third kappa shape index (κ3) is 5.01. The molecule has 6 nitrogen and oxygen atoms in total. The number of nitrogens with one attached hydrogen (secondary N) is 1. The molecule has 0 saturated heterocycles. The molecular weight excluding hydrogens is 381 g/mol. The van der Waals surface area contributed by atoms with Crippen LogP contribution < -0.4 is 10.5 Å². The van der Waals surface area contributed by atoms with E-state index in [1.54, 1.807) is 24.9 Å². The Hall–Kier alpha value is -2.00. The van der Waals surface area contributed by atoms with E-state index >= 15 is 0 Å². The molecule has 0 radical (unpaired) electrons. The molecule has 2 rings (SSSR count). The molecule has 2 aromatic rings. The van der Waals surface area contributed by atoms with Crippen molar-refractivity contribution in [3.05, 3.63) is 58.9 Å². The number of hydrogen-bond acceptors (Lipinski definition) is 4. The highest BCUT2D eigenvalue weighted by atomic mass is 35.5. The van der Waals surface area contributed by atoms with Gasteiger partial charge in [0.15, 0.2) is 0 Å². The van der Waals surface area contributed by atoms with Crippen molar-refractivity contribution in [1.82, 2.24) is 4.90 Å².